The molecule has 0 amide bonds. The molecule has 0 aromatic carbocycles. The van der Waals surface area contributed by atoms with Crippen molar-refractivity contribution in [1.82, 2.24) is 24.8 Å². The molecule has 0 spiro atoms. The lowest BCUT2D eigenvalue weighted by molar-refractivity contribution is 0.203. The summed E-state index contributed by atoms with van der Waals surface area (Å²) < 4.78 is 0. The normalized spacial score (nSPS) is 15.9. The summed E-state index contributed by atoms with van der Waals surface area (Å²) in [4.78, 5) is 18.6. The van der Waals surface area contributed by atoms with Gasteiger partial charge in [-0.15, -0.1) is 0 Å². The molecule has 0 saturated carbocycles. The number of anilines is 2. The Kier molecular flexibility index (Phi) is 4.93. The standard InChI is InChI=1S/C20H24N6/c1-15-3-2-7-23-20(15)25-19-11-17(4-8-22-19)16-5-9-26(10-6-16)13-18-12-21-14-24-18/h2-4,7-8,11-12,14,16H,5-6,9-10,13H2,1H3,(H,21,24)(H,22,23,25). The number of piperidine rings is 1. The Labute approximate surface area is 153 Å². The lowest BCUT2D eigenvalue weighted by atomic mass is 9.90. The number of H-pyrrole nitrogens is 1. The van der Waals surface area contributed by atoms with Crippen molar-refractivity contribution in [2.45, 2.75) is 32.2 Å². The largest absolute Gasteiger partial charge is 0.347 e. The average molecular weight is 348 g/mol. The van der Waals surface area contributed by atoms with E-state index in [2.05, 4.69) is 55.3 Å². The van der Waals surface area contributed by atoms with Crippen LogP contribution in [0.25, 0.3) is 0 Å². The number of rotatable bonds is 5. The highest BCUT2D eigenvalue weighted by molar-refractivity contribution is 5.56. The zero-order valence-corrected chi connectivity index (χ0v) is 15.0. The monoisotopic (exact) mass is 348 g/mol. The van der Waals surface area contributed by atoms with Crippen LogP contribution in [0.3, 0.4) is 0 Å². The van der Waals surface area contributed by atoms with Gasteiger partial charge in [-0.1, -0.05) is 6.07 Å². The molecule has 0 radical (unpaired) electrons. The number of pyridine rings is 2. The summed E-state index contributed by atoms with van der Waals surface area (Å²) in [6, 6.07) is 8.31. The highest BCUT2D eigenvalue weighted by Gasteiger charge is 2.21. The minimum absolute atomic E-state index is 0.585. The Morgan fingerprint density at radius 3 is 2.85 bits per heavy atom. The molecule has 6 heteroatoms. The predicted molar refractivity (Wildman–Crippen MR) is 102 cm³/mol. The third-order valence-corrected chi connectivity index (χ3v) is 5.05. The van der Waals surface area contributed by atoms with Gasteiger partial charge in [0, 0.05) is 30.8 Å². The first-order chi connectivity index (χ1) is 12.8. The third-order valence-electron chi connectivity index (χ3n) is 5.05. The Morgan fingerprint density at radius 1 is 1.19 bits per heavy atom. The molecule has 0 bridgehead atoms. The maximum absolute atomic E-state index is 4.46. The van der Waals surface area contributed by atoms with E-state index < -0.39 is 0 Å². The Balaban J connectivity index is 1.39. The predicted octanol–water partition coefficient (Wildman–Crippen LogP) is 3.63. The van der Waals surface area contributed by atoms with Crippen molar-refractivity contribution in [3.63, 3.8) is 0 Å². The molecule has 2 N–H and O–H groups in total. The average Bonchev–Trinajstić information content (AvgIpc) is 3.18. The zero-order valence-electron chi connectivity index (χ0n) is 15.0. The summed E-state index contributed by atoms with van der Waals surface area (Å²) in [5, 5.41) is 3.35. The lowest BCUT2D eigenvalue weighted by Gasteiger charge is -2.31. The van der Waals surface area contributed by atoms with E-state index in [0.717, 1.165) is 36.8 Å². The maximum Gasteiger partial charge on any atom is 0.134 e. The molecule has 0 unspecified atom stereocenters. The van der Waals surface area contributed by atoms with Crippen LogP contribution in [0.15, 0.2) is 49.2 Å². The number of hydrogen-bond donors (Lipinski definition) is 2. The molecule has 1 aliphatic heterocycles. The first-order valence-electron chi connectivity index (χ1n) is 9.12. The number of nitrogens with zero attached hydrogens (tertiary/aromatic N) is 4. The number of aromatic nitrogens is 4. The van der Waals surface area contributed by atoms with Gasteiger partial charge in [0.25, 0.3) is 0 Å². The second-order valence-electron chi connectivity index (χ2n) is 6.90. The Morgan fingerprint density at radius 2 is 2.08 bits per heavy atom. The topological polar surface area (TPSA) is 69.7 Å². The van der Waals surface area contributed by atoms with Gasteiger partial charge < -0.3 is 10.3 Å². The molecule has 1 aliphatic rings. The molecule has 4 rings (SSSR count). The molecule has 6 nitrogen and oxygen atoms in total. The lowest BCUT2D eigenvalue weighted by Crippen LogP contribution is -2.32. The molecule has 26 heavy (non-hydrogen) atoms. The van der Waals surface area contributed by atoms with E-state index in [1.165, 1.54) is 24.1 Å². The number of likely N-dealkylation sites (tertiary alicyclic amines) is 1. The van der Waals surface area contributed by atoms with Crippen molar-refractivity contribution in [2.75, 3.05) is 18.4 Å². The van der Waals surface area contributed by atoms with Crippen molar-refractivity contribution in [3.8, 4) is 0 Å². The quantitative estimate of drug-likeness (QED) is 0.737. The Hall–Kier alpha value is -2.73. The Bertz CT molecular complexity index is 837. The van der Waals surface area contributed by atoms with Crippen LogP contribution >= 0.6 is 0 Å². The van der Waals surface area contributed by atoms with E-state index >= 15 is 0 Å². The highest BCUT2D eigenvalue weighted by Crippen LogP contribution is 2.30. The summed E-state index contributed by atoms with van der Waals surface area (Å²) >= 11 is 0. The van der Waals surface area contributed by atoms with Gasteiger partial charge in [-0.2, -0.15) is 0 Å². The van der Waals surface area contributed by atoms with E-state index in [0.29, 0.717) is 5.92 Å². The number of aryl methyl sites for hydroxylation is 1. The second-order valence-corrected chi connectivity index (χ2v) is 6.90. The summed E-state index contributed by atoms with van der Waals surface area (Å²) in [6.45, 7) is 5.21. The first kappa shape index (κ1) is 16.7. The van der Waals surface area contributed by atoms with Gasteiger partial charge >= 0.3 is 0 Å². The molecule has 0 atom stereocenters. The summed E-state index contributed by atoms with van der Waals surface area (Å²) in [5.41, 5.74) is 3.66. The van der Waals surface area contributed by atoms with Gasteiger partial charge in [0.05, 0.1) is 6.33 Å². The fourth-order valence-electron chi connectivity index (χ4n) is 3.54. The maximum atomic E-state index is 4.46. The van der Waals surface area contributed by atoms with Gasteiger partial charge in [-0.3, -0.25) is 4.90 Å². The van der Waals surface area contributed by atoms with Crippen molar-refractivity contribution >= 4 is 11.6 Å². The van der Waals surface area contributed by atoms with E-state index in [4.69, 9.17) is 0 Å². The van der Waals surface area contributed by atoms with E-state index in [9.17, 15) is 0 Å². The minimum Gasteiger partial charge on any atom is -0.347 e. The van der Waals surface area contributed by atoms with E-state index in [1.807, 2.05) is 18.5 Å². The van der Waals surface area contributed by atoms with E-state index in [-0.39, 0.29) is 0 Å². The van der Waals surface area contributed by atoms with E-state index in [1.54, 1.807) is 12.5 Å². The van der Waals surface area contributed by atoms with Crippen LogP contribution in [0, 0.1) is 6.92 Å². The molecule has 1 fully saturated rings. The first-order valence-corrected chi connectivity index (χ1v) is 9.12. The van der Waals surface area contributed by atoms with Crippen LogP contribution in [0.4, 0.5) is 11.6 Å². The highest BCUT2D eigenvalue weighted by atomic mass is 15.1. The zero-order chi connectivity index (χ0) is 17.8. The molecule has 134 valence electrons. The SMILES string of the molecule is Cc1cccnc1Nc1cc(C2CCN(Cc3cnc[nH]3)CC2)ccn1. The molecule has 3 aromatic heterocycles. The fraction of sp³-hybridized carbons (Fsp3) is 0.350. The summed E-state index contributed by atoms with van der Waals surface area (Å²) in [5.74, 6) is 2.32. The molecule has 0 aliphatic carbocycles. The number of hydrogen-bond acceptors (Lipinski definition) is 5. The smallest absolute Gasteiger partial charge is 0.134 e. The van der Waals surface area contributed by atoms with Crippen LogP contribution in [0.5, 0.6) is 0 Å². The fourth-order valence-corrected chi connectivity index (χ4v) is 3.54. The molecule has 1 saturated heterocycles. The van der Waals surface area contributed by atoms with Gasteiger partial charge in [0.2, 0.25) is 0 Å². The molecule has 4 heterocycles. The number of aromatic amines is 1. The molecule has 3 aromatic rings. The molecular weight excluding hydrogens is 324 g/mol. The van der Waals surface area contributed by atoms with Crippen molar-refractivity contribution < 1.29 is 0 Å². The van der Waals surface area contributed by atoms with Crippen molar-refractivity contribution in [1.29, 1.82) is 0 Å². The van der Waals surface area contributed by atoms with Crippen molar-refractivity contribution in [2.24, 2.45) is 0 Å². The van der Waals surface area contributed by atoms with Gasteiger partial charge in [0.1, 0.15) is 11.6 Å². The van der Waals surface area contributed by atoms with Crippen LogP contribution < -0.4 is 5.32 Å². The minimum atomic E-state index is 0.585. The van der Waals surface area contributed by atoms with Crippen LogP contribution in [-0.2, 0) is 6.54 Å². The van der Waals surface area contributed by atoms with Crippen LogP contribution in [0.2, 0.25) is 0 Å². The van der Waals surface area contributed by atoms with Gasteiger partial charge in [0.15, 0.2) is 0 Å². The number of nitrogens with one attached hydrogen (secondary N) is 2. The summed E-state index contributed by atoms with van der Waals surface area (Å²) in [7, 11) is 0. The van der Waals surface area contributed by atoms with Crippen LogP contribution in [0.1, 0.15) is 35.6 Å². The molecular formula is C20H24N6. The van der Waals surface area contributed by atoms with Crippen molar-refractivity contribution in [3.05, 3.63) is 66.0 Å². The van der Waals surface area contributed by atoms with Gasteiger partial charge in [-0.25, -0.2) is 15.0 Å². The van der Waals surface area contributed by atoms with Gasteiger partial charge in [-0.05, 0) is 68.1 Å². The second kappa shape index (κ2) is 7.66. The van der Waals surface area contributed by atoms with Crippen LogP contribution in [-0.4, -0.2) is 37.9 Å². The number of imidazole rings is 1. The third kappa shape index (κ3) is 3.91. The summed E-state index contributed by atoms with van der Waals surface area (Å²) in [6.07, 6.45) is 9.69.